The maximum Gasteiger partial charge on any atom is 0.416 e. The lowest BCUT2D eigenvalue weighted by molar-refractivity contribution is -0.137. The van der Waals surface area contributed by atoms with Crippen LogP contribution in [0.2, 0.25) is 0 Å². The molecule has 0 spiro atoms. The van der Waals surface area contributed by atoms with Gasteiger partial charge in [0.1, 0.15) is 5.75 Å². The average molecular weight is 351 g/mol. The standard InChI is InChI=1S/C17H12F3NO4/c1-24-16(23)10-5-6-14-13(7-10)21(15(22)9-25-14)12-4-2-3-11(8-12)17(18,19)20/h2-8H,9H2,1H3. The van der Waals surface area contributed by atoms with Gasteiger partial charge in [-0.05, 0) is 36.4 Å². The van der Waals surface area contributed by atoms with E-state index in [1.165, 1.54) is 37.4 Å². The SMILES string of the molecule is COC(=O)c1ccc2c(c1)N(c1cccc(C(F)(F)F)c1)C(=O)CO2. The molecule has 0 N–H and O–H groups in total. The van der Waals surface area contributed by atoms with E-state index in [1.807, 2.05) is 0 Å². The van der Waals surface area contributed by atoms with E-state index >= 15 is 0 Å². The second-order valence-electron chi connectivity index (χ2n) is 5.24. The molecule has 2 aromatic carbocycles. The Bertz CT molecular complexity index is 848. The van der Waals surface area contributed by atoms with Crippen molar-refractivity contribution in [2.24, 2.45) is 0 Å². The van der Waals surface area contributed by atoms with Crippen LogP contribution in [-0.2, 0) is 15.7 Å². The van der Waals surface area contributed by atoms with Crippen LogP contribution in [-0.4, -0.2) is 25.6 Å². The van der Waals surface area contributed by atoms with Gasteiger partial charge in [0.05, 0.1) is 23.9 Å². The molecule has 5 nitrogen and oxygen atoms in total. The number of alkyl halides is 3. The predicted molar refractivity (Wildman–Crippen MR) is 81.9 cm³/mol. The highest BCUT2D eigenvalue weighted by atomic mass is 19.4. The Morgan fingerprint density at radius 2 is 1.96 bits per heavy atom. The molecule has 0 unspecified atom stereocenters. The van der Waals surface area contributed by atoms with E-state index in [0.29, 0.717) is 0 Å². The number of halogens is 3. The normalized spacial score (nSPS) is 13.9. The summed E-state index contributed by atoms with van der Waals surface area (Å²) in [6, 6.07) is 8.65. The fourth-order valence-corrected chi connectivity index (χ4v) is 2.50. The maximum absolute atomic E-state index is 13.0. The van der Waals surface area contributed by atoms with Crippen molar-refractivity contribution < 1.29 is 32.2 Å². The Labute approximate surface area is 140 Å². The number of hydrogen-bond donors (Lipinski definition) is 0. The third-order valence-electron chi connectivity index (χ3n) is 3.65. The minimum Gasteiger partial charge on any atom is -0.482 e. The van der Waals surface area contributed by atoms with E-state index in [2.05, 4.69) is 4.74 Å². The summed E-state index contributed by atoms with van der Waals surface area (Å²) in [5.41, 5.74) is -0.517. The van der Waals surface area contributed by atoms with Crippen LogP contribution in [0.4, 0.5) is 24.5 Å². The lowest BCUT2D eigenvalue weighted by Crippen LogP contribution is -2.35. The van der Waals surface area contributed by atoms with E-state index in [0.717, 1.165) is 17.0 Å². The highest BCUT2D eigenvalue weighted by Crippen LogP contribution is 2.40. The van der Waals surface area contributed by atoms with Gasteiger partial charge in [0.2, 0.25) is 0 Å². The van der Waals surface area contributed by atoms with Crippen LogP contribution in [0.15, 0.2) is 42.5 Å². The highest BCUT2D eigenvalue weighted by Gasteiger charge is 2.33. The van der Waals surface area contributed by atoms with Gasteiger partial charge in [-0.2, -0.15) is 13.2 Å². The van der Waals surface area contributed by atoms with Crippen molar-refractivity contribution in [3.8, 4) is 5.75 Å². The van der Waals surface area contributed by atoms with Crippen molar-refractivity contribution in [1.29, 1.82) is 0 Å². The van der Waals surface area contributed by atoms with Crippen molar-refractivity contribution in [3.05, 3.63) is 53.6 Å². The van der Waals surface area contributed by atoms with Crippen LogP contribution in [0, 0.1) is 0 Å². The second-order valence-corrected chi connectivity index (χ2v) is 5.24. The van der Waals surface area contributed by atoms with Gasteiger partial charge in [-0.3, -0.25) is 9.69 Å². The molecule has 1 amide bonds. The van der Waals surface area contributed by atoms with Crippen molar-refractivity contribution in [1.82, 2.24) is 0 Å². The molecule has 2 aromatic rings. The van der Waals surface area contributed by atoms with E-state index < -0.39 is 23.6 Å². The van der Waals surface area contributed by atoms with E-state index in [-0.39, 0.29) is 29.3 Å². The summed E-state index contributed by atoms with van der Waals surface area (Å²) in [5, 5.41) is 0. The van der Waals surface area contributed by atoms with Gasteiger partial charge in [-0.25, -0.2) is 4.79 Å². The minimum absolute atomic E-state index is 0.0337. The molecule has 130 valence electrons. The van der Waals surface area contributed by atoms with Gasteiger partial charge in [-0.1, -0.05) is 6.07 Å². The fraction of sp³-hybridized carbons (Fsp3) is 0.176. The number of hydrogen-bond acceptors (Lipinski definition) is 4. The summed E-state index contributed by atoms with van der Waals surface area (Å²) in [7, 11) is 1.20. The number of nitrogens with zero attached hydrogens (tertiary/aromatic N) is 1. The highest BCUT2D eigenvalue weighted by molar-refractivity contribution is 6.05. The Kier molecular flexibility index (Phi) is 4.12. The Morgan fingerprint density at radius 3 is 2.64 bits per heavy atom. The number of anilines is 2. The number of benzene rings is 2. The number of amides is 1. The van der Waals surface area contributed by atoms with Gasteiger partial charge < -0.3 is 9.47 Å². The first-order valence-corrected chi connectivity index (χ1v) is 7.16. The molecule has 3 rings (SSSR count). The van der Waals surface area contributed by atoms with Gasteiger partial charge in [-0.15, -0.1) is 0 Å². The molecular weight excluding hydrogens is 339 g/mol. The van der Waals surface area contributed by atoms with Crippen molar-refractivity contribution in [2.75, 3.05) is 18.6 Å². The molecule has 1 aliphatic heterocycles. The summed E-state index contributed by atoms with van der Waals surface area (Å²) in [4.78, 5) is 25.1. The quantitative estimate of drug-likeness (QED) is 0.777. The topological polar surface area (TPSA) is 55.8 Å². The Balaban J connectivity index is 2.12. The van der Waals surface area contributed by atoms with Gasteiger partial charge >= 0.3 is 12.1 Å². The molecule has 0 fully saturated rings. The van der Waals surface area contributed by atoms with Gasteiger partial charge in [0, 0.05) is 5.69 Å². The fourth-order valence-electron chi connectivity index (χ4n) is 2.50. The number of carbonyl (C=O) groups is 2. The average Bonchev–Trinajstić information content (AvgIpc) is 2.59. The summed E-state index contributed by atoms with van der Waals surface area (Å²) in [6.45, 7) is -0.319. The van der Waals surface area contributed by atoms with Gasteiger partial charge in [0.15, 0.2) is 6.61 Å². The van der Waals surface area contributed by atoms with Crippen LogP contribution >= 0.6 is 0 Å². The zero-order valence-electron chi connectivity index (χ0n) is 13.0. The first kappa shape index (κ1) is 16.8. The molecule has 0 saturated carbocycles. The third-order valence-corrected chi connectivity index (χ3v) is 3.65. The minimum atomic E-state index is -4.54. The monoisotopic (exact) mass is 351 g/mol. The maximum atomic E-state index is 13.0. The van der Waals surface area contributed by atoms with E-state index in [4.69, 9.17) is 4.74 Å². The molecule has 0 aliphatic carbocycles. The van der Waals surface area contributed by atoms with Crippen LogP contribution in [0.5, 0.6) is 5.75 Å². The van der Waals surface area contributed by atoms with Crippen molar-refractivity contribution >= 4 is 23.3 Å². The first-order chi connectivity index (χ1) is 11.8. The smallest absolute Gasteiger partial charge is 0.416 e. The van der Waals surface area contributed by atoms with Crippen molar-refractivity contribution in [3.63, 3.8) is 0 Å². The molecule has 1 aliphatic rings. The number of methoxy groups -OCH3 is 1. The zero-order chi connectivity index (χ0) is 18.2. The number of carbonyl (C=O) groups excluding carboxylic acids is 2. The Hall–Kier alpha value is -3.03. The Morgan fingerprint density at radius 1 is 1.20 bits per heavy atom. The summed E-state index contributed by atoms with van der Waals surface area (Å²) >= 11 is 0. The molecule has 0 bridgehead atoms. The summed E-state index contributed by atoms with van der Waals surface area (Å²) in [6.07, 6.45) is -4.54. The van der Waals surface area contributed by atoms with Crippen LogP contribution in [0.1, 0.15) is 15.9 Å². The molecule has 0 radical (unpaired) electrons. The van der Waals surface area contributed by atoms with Crippen molar-refractivity contribution in [2.45, 2.75) is 6.18 Å². The van der Waals surface area contributed by atoms with Gasteiger partial charge in [0.25, 0.3) is 5.91 Å². The number of esters is 1. The molecule has 1 heterocycles. The van der Waals surface area contributed by atoms with Crippen LogP contribution in [0.25, 0.3) is 0 Å². The number of fused-ring (bicyclic) bond motifs is 1. The molecule has 0 saturated heterocycles. The molecule has 0 atom stereocenters. The molecular formula is C17H12F3NO4. The molecule has 0 aromatic heterocycles. The summed E-state index contributed by atoms with van der Waals surface area (Å²) < 4.78 is 48.8. The second kappa shape index (κ2) is 6.12. The summed E-state index contributed by atoms with van der Waals surface area (Å²) in [5.74, 6) is -0.900. The predicted octanol–water partition coefficient (Wildman–Crippen LogP) is 3.55. The molecule has 8 heteroatoms. The number of ether oxygens (including phenoxy) is 2. The van der Waals surface area contributed by atoms with Crippen LogP contribution < -0.4 is 9.64 Å². The third kappa shape index (κ3) is 3.15. The first-order valence-electron chi connectivity index (χ1n) is 7.16. The van der Waals surface area contributed by atoms with Crippen LogP contribution in [0.3, 0.4) is 0 Å². The van der Waals surface area contributed by atoms with E-state index in [9.17, 15) is 22.8 Å². The largest absolute Gasteiger partial charge is 0.482 e. The lowest BCUT2D eigenvalue weighted by atomic mass is 10.1. The molecule has 25 heavy (non-hydrogen) atoms. The van der Waals surface area contributed by atoms with E-state index in [1.54, 1.807) is 0 Å². The zero-order valence-corrected chi connectivity index (χ0v) is 13.0. The lowest BCUT2D eigenvalue weighted by Gasteiger charge is -2.30. The number of rotatable bonds is 2.